The third kappa shape index (κ3) is 2.38. The molecule has 13 heavy (non-hydrogen) atoms. The highest BCUT2D eigenvalue weighted by atomic mass is 35.5. The van der Waals surface area contributed by atoms with Gasteiger partial charge >= 0.3 is 13.7 Å². The van der Waals surface area contributed by atoms with Crippen molar-refractivity contribution in [3.63, 3.8) is 0 Å². The maximum Gasteiger partial charge on any atom is 0.416 e. The van der Waals surface area contributed by atoms with E-state index in [-0.39, 0.29) is 10.5 Å². The predicted octanol–water partition coefficient (Wildman–Crippen LogP) is 1.60. The van der Waals surface area contributed by atoms with Crippen LogP contribution in [0.2, 0.25) is 5.02 Å². The van der Waals surface area contributed by atoms with Gasteiger partial charge in [-0.3, -0.25) is 0 Å². The summed E-state index contributed by atoms with van der Waals surface area (Å²) in [7, 11) is 0.655. The number of rotatable bonds is 1. The summed E-state index contributed by atoms with van der Waals surface area (Å²) in [6.45, 7) is 0. The van der Waals surface area contributed by atoms with E-state index in [4.69, 9.17) is 16.6 Å². The van der Waals surface area contributed by atoms with E-state index in [1.165, 1.54) is 0 Å². The first kappa shape index (κ1) is 10.4. The monoisotopic (exact) mass is 207 g/mol. The van der Waals surface area contributed by atoms with Gasteiger partial charge in [0.05, 0.1) is 5.56 Å². The molecule has 0 aliphatic rings. The summed E-state index contributed by atoms with van der Waals surface area (Å²) in [5, 5.41) is 8.39. The van der Waals surface area contributed by atoms with Crippen LogP contribution in [-0.4, -0.2) is 12.5 Å². The summed E-state index contributed by atoms with van der Waals surface area (Å²) in [6.07, 6.45) is -4.41. The predicted molar refractivity (Wildman–Crippen MR) is 44.1 cm³/mol. The number of halogens is 4. The number of hydrogen-bond acceptors (Lipinski definition) is 1. The van der Waals surface area contributed by atoms with E-state index in [1.807, 2.05) is 0 Å². The van der Waals surface area contributed by atoms with Crippen LogP contribution in [-0.2, 0) is 6.18 Å². The molecular formula is C7H4BClF3O. The maximum absolute atomic E-state index is 12.1. The highest BCUT2D eigenvalue weighted by Crippen LogP contribution is 2.29. The molecule has 0 aliphatic heterocycles. The van der Waals surface area contributed by atoms with Crippen molar-refractivity contribution < 1.29 is 18.2 Å². The topological polar surface area (TPSA) is 20.2 Å². The Bertz CT molecular complexity index is 313. The van der Waals surface area contributed by atoms with E-state index in [0.29, 0.717) is 7.48 Å². The zero-order valence-corrected chi connectivity index (χ0v) is 7.02. The largest absolute Gasteiger partial charge is 0.450 e. The fourth-order valence-electron chi connectivity index (χ4n) is 0.808. The zero-order valence-electron chi connectivity index (χ0n) is 6.27. The molecule has 0 aromatic heterocycles. The molecule has 1 aromatic carbocycles. The van der Waals surface area contributed by atoms with Gasteiger partial charge in [0, 0.05) is 5.02 Å². The zero-order chi connectivity index (χ0) is 10.1. The minimum atomic E-state index is -4.41. The van der Waals surface area contributed by atoms with Gasteiger partial charge in [-0.25, -0.2) is 0 Å². The van der Waals surface area contributed by atoms with Crippen LogP contribution in [0.4, 0.5) is 13.2 Å². The van der Waals surface area contributed by atoms with Gasteiger partial charge in [-0.1, -0.05) is 23.7 Å². The van der Waals surface area contributed by atoms with Crippen LogP contribution < -0.4 is 5.46 Å². The Morgan fingerprint density at radius 2 is 1.92 bits per heavy atom. The normalized spacial score (nSPS) is 11.5. The molecular weight excluding hydrogens is 203 g/mol. The molecule has 1 rings (SSSR count). The quantitative estimate of drug-likeness (QED) is 0.694. The van der Waals surface area contributed by atoms with Crippen molar-refractivity contribution in [1.29, 1.82) is 0 Å². The van der Waals surface area contributed by atoms with Gasteiger partial charge in [-0.15, -0.1) is 0 Å². The second kappa shape index (κ2) is 3.60. The van der Waals surface area contributed by atoms with Crippen LogP contribution in [0.25, 0.3) is 0 Å². The summed E-state index contributed by atoms with van der Waals surface area (Å²) >= 11 is 5.44. The Kier molecular flexibility index (Phi) is 2.88. The summed E-state index contributed by atoms with van der Waals surface area (Å²) in [5.41, 5.74) is -0.669. The molecule has 0 saturated heterocycles. The highest BCUT2D eigenvalue weighted by Gasteiger charge is 2.30. The molecule has 0 heterocycles. The van der Waals surface area contributed by atoms with Gasteiger partial charge < -0.3 is 5.02 Å². The first-order valence-corrected chi connectivity index (χ1v) is 3.67. The minimum absolute atomic E-state index is 0.127. The Hall–Kier alpha value is -0.675. The van der Waals surface area contributed by atoms with Crippen molar-refractivity contribution in [1.82, 2.24) is 0 Å². The molecule has 0 spiro atoms. The first-order chi connectivity index (χ1) is 5.95. The highest BCUT2D eigenvalue weighted by molar-refractivity contribution is 6.52. The van der Waals surface area contributed by atoms with Crippen LogP contribution in [0, 0.1) is 0 Å². The van der Waals surface area contributed by atoms with Crippen molar-refractivity contribution >= 4 is 24.5 Å². The lowest BCUT2D eigenvalue weighted by molar-refractivity contribution is -0.137. The van der Waals surface area contributed by atoms with Gasteiger partial charge in [-0.2, -0.15) is 13.2 Å². The van der Waals surface area contributed by atoms with Crippen LogP contribution in [0.3, 0.4) is 0 Å². The van der Waals surface area contributed by atoms with E-state index in [0.717, 1.165) is 18.2 Å². The third-order valence-electron chi connectivity index (χ3n) is 1.47. The Labute approximate surface area is 78.4 Å². The van der Waals surface area contributed by atoms with Crippen molar-refractivity contribution in [2.45, 2.75) is 6.18 Å². The van der Waals surface area contributed by atoms with Crippen molar-refractivity contribution in [2.24, 2.45) is 0 Å². The molecule has 6 heteroatoms. The standard InChI is InChI=1S/C7H4BClF3O/c9-6-3-4(7(10,11)12)1-2-5(6)8-13/h1-3,13H. The van der Waals surface area contributed by atoms with Gasteiger partial charge in [0.15, 0.2) is 0 Å². The van der Waals surface area contributed by atoms with Gasteiger partial charge in [0.1, 0.15) is 0 Å². The summed E-state index contributed by atoms with van der Waals surface area (Å²) in [4.78, 5) is 0. The van der Waals surface area contributed by atoms with Crippen molar-refractivity contribution in [3.8, 4) is 0 Å². The molecule has 0 atom stereocenters. The third-order valence-corrected chi connectivity index (χ3v) is 1.79. The van der Waals surface area contributed by atoms with E-state index in [9.17, 15) is 13.2 Å². The van der Waals surface area contributed by atoms with Gasteiger partial charge in [0.25, 0.3) is 0 Å². The molecule has 0 aliphatic carbocycles. The second-order valence-corrected chi connectivity index (χ2v) is 2.77. The Morgan fingerprint density at radius 3 is 2.31 bits per heavy atom. The molecule has 0 saturated carbocycles. The number of alkyl halides is 3. The molecule has 0 fully saturated rings. The van der Waals surface area contributed by atoms with E-state index >= 15 is 0 Å². The van der Waals surface area contributed by atoms with Crippen molar-refractivity contribution in [2.75, 3.05) is 0 Å². The maximum atomic E-state index is 12.1. The molecule has 1 N–H and O–H groups in total. The lowest BCUT2D eigenvalue weighted by Crippen LogP contribution is -2.16. The summed E-state index contributed by atoms with van der Waals surface area (Å²) < 4.78 is 36.2. The summed E-state index contributed by atoms with van der Waals surface area (Å²) in [6, 6.07) is 2.72. The Balaban J connectivity index is 3.10. The van der Waals surface area contributed by atoms with E-state index < -0.39 is 11.7 Å². The molecule has 0 unspecified atom stereocenters. The molecule has 1 nitrogen and oxygen atoms in total. The number of benzene rings is 1. The van der Waals surface area contributed by atoms with Crippen LogP contribution in [0.15, 0.2) is 18.2 Å². The molecule has 0 amide bonds. The summed E-state index contributed by atoms with van der Waals surface area (Å²) in [5.74, 6) is 0. The molecule has 0 bridgehead atoms. The average molecular weight is 207 g/mol. The lowest BCUT2D eigenvalue weighted by atomic mass is 9.88. The molecule has 1 radical (unpaired) electrons. The Morgan fingerprint density at radius 1 is 1.31 bits per heavy atom. The number of hydrogen-bond donors (Lipinski definition) is 1. The van der Waals surface area contributed by atoms with Crippen LogP contribution in [0.1, 0.15) is 5.56 Å². The van der Waals surface area contributed by atoms with Crippen LogP contribution in [0.5, 0.6) is 0 Å². The molecule has 1 aromatic rings. The van der Waals surface area contributed by atoms with E-state index in [2.05, 4.69) is 0 Å². The fourth-order valence-corrected chi connectivity index (χ4v) is 1.04. The fraction of sp³-hybridized carbons (Fsp3) is 0.143. The van der Waals surface area contributed by atoms with E-state index in [1.54, 1.807) is 0 Å². The second-order valence-electron chi connectivity index (χ2n) is 2.36. The first-order valence-electron chi connectivity index (χ1n) is 3.29. The minimum Gasteiger partial charge on any atom is -0.450 e. The van der Waals surface area contributed by atoms with Gasteiger partial charge in [0.2, 0.25) is 0 Å². The van der Waals surface area contributed by atoms with Crippen LogP contribution >= 0.6 is 11.6 Å². The lowest BCUT2D eigenvalue weighted by Gasteiger charge is -2.07. The van der Waals surface area contributed by atoms with Gasteiger partial charge in [-0.05, 0) is 11.5 Å². The van der Waals surface area contributed by atoms with Crippen molar-refractivity contribution in [3.05, 3.63) is 28.8 Å². The smallest absolute Gasteiger partial charge is 0.416 e. The molecule has 69 valence electrons. The average Bonchev–Trinajstić information content (AvgIpc) is 2.02. The SMILES string of the molecule is O[B]c1ccc(C(F)(F)F)cc1Cl.